The van der Waals surface area contributed by atoms with Gasteiger partial charge in [-0.05, 0) is 26.1 Å². The monoisotopic (exact) mass is 212 g/mol. The molecule has 0 spiro atoms. The van der Waals surface area contributed by atoms with Crippen molar-refractivity contribution in [3.8, 4) is 6.07 Å². The van der Waals surface area contributed by atoms with Gasteiger partial charge in [-0.2, -0.15) is 5.26 Å². The smallest absolute Gasteiger partial charge is 0.278 e. The van der Waals surface area contributed by atoms with E-state index < -0.39 is 8.32 Å². The molecule has 0 aliphatic heterocycles. The summed E-state index contributed by atoms with van der Waals surface area (Å²) in [6.07, 6.45) is 3.27. The molecule has 4 heteroatoms. The SMILES string of the molecule is CCCC(CCC#N)=NO[Si](C)(C)C. The molecule has 0 atom stereocenters. The second kappa shape index (κ2) is 6.60. The Bertz CT molecular complexity index is 225. The molecule has 0 amide bonds. The Kier molecular flexibility index (Phi) is 6.22. The Balaban J connectivity index is 4.12. The first-order valence-electron chi connectivity index (χ1n) is 5.10. The summed E-state index contributed by atoms with van der Waals surface area (Å²) in [7, 11) is -1.56. The zero-order chi connectivity index (χ0) is 11.0. The Morgan fingerprint density at radius 1 is 1.36 bits per heavy atom. The zero-order valence-corrected chi connectivity index (χ0v) is 10.6. The standard InChI is InChI=1S/C10H20N2OSi/c1-5-7-10(8-6-9-11)12-13-14(2,3)4/h5-8H2,1-4H3. The number of oxime groups is 1. The highest BCUT2D eigenvalue weighted by Gasteiger charge is 2.16. The molecular formula is C10H20N2OSi. The van der Waals surface area contributed by atoms with Gasteiger partial charge in [-0.25, -0.2) is 0 Å². The lowest BCUT2D eigenvalue weighted by molar-refractivity contribution is 0.332. The molecule has 0 radical (unpaired) electrons. The lowest BCUT2D eigenvalue weighted by Gasteiger charge is -2.14. The van der Waals surface area contributed by atoms with Crippen LogP contribution in [-0.4, -0.2) is 14.0 Å². The summed E-state index contributed by atoms with van der Waals surface area (Å²) in [5.41, 5.74) is 1.02. The molecule has 0 heterocycles. The molecular weight excluding hydrogens is 192 g/mol. The minimum absolute atomic E-state index is 0.536. The molecule has 0 bridgehead atoms. The third-order valence-electron chi connectivity index (χ3n) is 1.51. The van der Waals surface area contributed by atoms with Gasteiger partial charge in [-0.15, -0.1) is 5.16 Å². The highest BCUT2D eigenvalue weighted by Crippen LogP contribution is 2.07. The van der Waals surface area contributed by atoms with E-state index in [1.54, 1.807) is 0 Å². The van der Waals surface area contributed by atoms with Crippen LogP contribution in [-0.2, 0) is 4.53 Å². The van der Waals surface area contributed by atoms with E-state index >= 15 is 0 Å². The van der Waals surface area contributed by atoms with E-state index in [1.807, 2.05) is 0 Å². The van der Waals surface area contributed by atoms with E-state index in [0.29, 0.717) is 6.42 Å². The fraction of sp³-hybridized carbons (Fsp3) is 0.800. The minimum Gasteiger partial charge on any atom is -0.456 e. The molecule has 0 N–H and O–H groups in total. The lowest BCUT2D eigenvalue weighted by Crippen LogP contribution is -2.23. The molecule has 0 saturated heterocycles. The predicted molar refractivity (Wildman–Crippen MR) is 61.6 cm³/mol. The van der Waals surface area contributed by atoms with Crippen LogP contribution in [0, 0.1) is 11.3 Å². The van der Waals surface area contributed by atoms with E-state index in [0.717, 1.165) is 25.0 Å². The summed E-state index contributed by atoms with van der Waals surface area (Å²) >= 11 is 0. The van der Waals surface area contributed by atoms with Crippen LogP contribution in [0.4, 0.5) is 0 Å². The highest BCUT2D eigenvalue weighted by atomic mass is 28.4. The van der Waals surface area contributed by atoms with E-state index in [1.165, 1.54) is 0 Å². The molecule has 0 aliphatic carbocycles. The predicted octanol–water partition coefficient (Wildman–Crippen LogP) is 3.30. The quantitative estimate of drug-likeness (QED) is 0.385. The average Bonchev–Trinajstić information content (AvgIpc) is 2.08. The van der Waals surface area contributed by atoms with Gasteiger partial charge in [0.15, 0.2) is 0 Å². The fourth-order valence-corrected chi connectivity index (χ4v) is 1.31. The van der Waals surface area contributed by atoms with Gasteiger partial charge in [-0.3, -0.25) is 0 Å². The van der Waals surface area contributed by atoms with Crippen molar-refractivity contribution in [3.63, 3.8) is 0 Å². The third-order valence-corrected chi connectivity index (χ3v) is 2.15. The maximum absolute atomic E-state index is 8.47. The summed E-state index contributed by atoms with van der Waals surface area (Å²) < 4.78 is 5.46. The van der Waals surface area contributed by atoms with Crippen LogP contribution in [0.5, 0.6) is 0 Å². The second-order valence-corrected chi connectivity index (χ2v) is 8.68. The normalized spacial score (nSPS) is 12.4. The van der Waals surface area contributed by atoms with Crippen LogP contribution < -0.4 is 0 Å². The molecule has 0 aliphatic rings. The van der Waals surface area contributed by atoms with Gasteiger partial charge in [0.05, 0.1) is 11.8 Å². The van der Waals surface area contributed by atoms with Crippen molar-refractivity contribution in [2.45, 2.75) is 52.2 Å². The molecule has 0 aromatic rings. The summed E-state index contributed by atoms with van der Waals surface area (Å²) in [6, 6.07) is 2.13. The van der Waals surface area contributed by atoms with Gasteiger partial charge in [0.2, 0.25) is 0 Å². The van der Waals surface area contributed by atoms with Crippen LogP contribution in [0.1, 0.15) is 32.6 Å². The van der Waals surface area contributed by atoms with Crippen LogP contribution in [0.3, 0.4) is 0 Å². The number of hydrogen-bond donors (Lipinski definition) is 0. The minimum atomic E-state index is -1.56. The molecule has 14 heavy (non-hydrogen) atoms. The van der Waals surface area contributed by atoms with Crippen molar-refractivity contribution in [2.75, 3.05) is 0 Å². The van der Waals surface area contributed by atoms with Gasteiger partial charge < -0.3 is 4.53 Å². The first-order valence-corrected chi connectivity index (χ1v) is 8.51. The Labute approximate surface area is 87.9 Å². The van der Waals surface area contributed by atoms with Crippen molar-refractivity contribution in [3.05, 3.63) is 0 Å². The summed E-state index contributed by atoms with van der Waals surface area (Å²) in [5, 5.41) is 12.6. The number of rotatable bonds is 6. The fourth-order valence-electron chi connectivity index (χ4n) is 0.907. The largest absolute Gasteiger partial charge is 0.456 e. The average molecular weight is 212 g/mol. The summed E-state index contributed by atoms with van der Waals surface area (Å²) in [6.45, 7) is 8.41. The van der Waals surface area contributed by atoms with Crippen LogP contribution >= 0.6 is 0 Å². The number of nitriles is 1. The number of hydrogen-bond acceptors (Lipinski definition) is 3. The van der Waals surface area contributed by atoms with Crippen molar-refractivity contribution in [1.29, 1.82) is 5.26 Å². The molecule has 0 fully saturated rings. The van der Waals surface area contributed by atoms with Crippen LogP contribution in [0.2, 0.25) is 19.6 Å². The molecule has 3 nitrogen and oxygen atoms in total. The Morgan fingerprint density at radius 3 is 2.43 bits per heavy atom. The highest BCUT2D eigenvalue weighted by molar-refractivity contribution is 6.69. The third kappa shape index (κ3) is 7.81. The molecule has 0 saturated carbocycles. The first-order chi connectivity index (χ1) is 6.49. The second-order valence-electron chi connectivity index (χ2n) is 4.27. The molecule has 0 aromatic carbocycles. The zero-order valence-electron chi connectivity index (χ0n) is 9.63. The molecule has 0 aromatic heterocycles. The van der Waals surface area contributed by atoms with Gasteiger partial charge >= 0.3 is 0 Å². The topological polar surface area (TPSA) is 45.4 Å². The molecule has 0 rings (SSSR count). The van der Waals surface area contributed by atoms with Crippen LogP contribution in [0.25, 0.3) is 0 Å². The maximum atomic E-state index is 8.47. The van der Waals surface area contributed by atoms with Gasteiger partial charge in [0.25, 0.3) is 8.32 Å². The molecule has 0 unspecified atom stereocenters. The van der Waals surface area contributed by atoms with Gasteiger partial charge in [0, 0.05) is 12.8 Å². The van der Waals surface area contributed by atoms with Crippen LogP contribution in [0.15, 0.2) is 5.16 Å². The van der Waals surface area contributed by atoms with E-state index in [4.69, 9.17) is 9.79 Å². The van der Waals surface area contributed by atoms with Crippen molar-refractivity contribution in [2.24, 2.45) is 5.16 Å². The first kappa shape index (κ1) is 13.2. The van der Waals surface area contributed by atoms with Crippen molar-refractivity contribution < 1.29 is 4.53 Å². The van der Waals surface area contributed by atoms with Crippen molar-refractivity contribution in [1.82, 2.24) is 0 Å². The lowest BCUT2D eigenvalue weighted by atomic mass is 10.1. The Hall–Kier alpha value is -0.823. The number of nitrogens with zero attached hydrogens (tertiary/aromatic N) is 2. The van der Waals surface area contributed by atoms with E-state index in [-0.39, 0.29) is 0 Å². The Morgan fingerprint density at radius 2 is 2.00 bits per heavy atom. The van der Waals surface area contributed by atoms with E-state index in [2.05, 4.69) is 37.8 Å². The van der Waals surface area contributed by atoms with E-state index in [9.17, 15) is 0 Å². The van der Waals surface area contributed by atoms with Crippen molar-refractivity contribution >= 4 is 14.0 Å². The van der Waals surface area contributed by atoms with Gasteiger partial charge in [-0.1, -0.05) is 13.3 Å². The van der Waals surface area contributed by atoms with Gasteiger partial charge in [0.1, 0.15) is 0 Å². The molecule has 80 valence electrons. The summed E-state index contributed by atoms with van der Waals surface area (Å²) in [5.74, 6) is 0. The summed E-state index contributed by atoms with van der Waals surface area (Å²) in [4.78, 5) is 0. The maximum Gasteiger partial charge on any atom is 0.278 e.